The minimum absolute atomic E-state index is 0.0967. The van der Waals surface area contributed by atoms with Gasteiger partial charge in [-0.15, -0.1) is 0 Å². The quantitative estimate of drug-likeness (QED) is 0.817. The lowest BCUT2D eigenvalue weighted by atomic mass is 10.2. The number of aryl methyl sites for hydroxylation is 1. The summed E-state index contributed by atoms with van der Waals surface area (Å²) >= 11 is 0. The van der Waals surface area contributed by atoms with Crippen LogP contribution in [0.25, 0.3) is 0 Å². The Morgan fingerprint density at radius 2 is 2.31 bits per heavy atom. The third-order valence-electron chi connectivity index (χ3n) is 3.26. The maximum atomic E-state index is 14.0. The molecular formula is C11H17FN4. The highest BCUT2D eigenvalue weighted by Crippen LogP contribution is 2.26. The molecule has 1 aliphatic rings. The van der Waals surface area contributed by atoms with Gasteiger partial charge in [0.15, 0.2) is 11.6 Å². The lowest BCUT2D eigenvalue weighted by molar-refractivity contribution is 0.570. The Kier molecular flexibility index (Phi) is 3.05. The number of hydrogen-bond donors (Lipinski definition) is 1. The molecule has 4 nitrogen and oxygen atoms in total. The van der Waals surface area contributed by atoms with Crippen LogP contribution < -0.4 is 10.6 Å². The summed E-state index contributed by atoms with van der Waals surface area (Å²) in [5.41, 5.74) is 6.39. The van der Waals surface area contributed by atoms with Crippen LogP contribution in [0.15, 0.2) is 6.33 Å². The van der Waals surface area contributed by atoms with Crippen molar-refractivity contribution >= 4 is 5.82 Å². The van der Waals surface area contributed by atoms with E-state index in [2.05, 4.69) is 9.97 Å². The fraction of sp³-hybridized carbons (Fsp3) is 0.636. The average Bonchev–Trinajstić information content (AvgIpc) is 2.61. The SMILES string of the molecule is CCc1ncnc(N2CCC(N)C2C)c1F. The molecule has 0 aromatic carbocycles. The topological polar surface area (TPSA) is 55.0 Å². The summed E-state index contributed by atoms with van der Waals surface area (Å²) in [6.45, 7) is 4.65. The molecular weight excluding hydrogens is 207 g/mol. The molecule has 5 heteroatoms. The summed E-state index contributed by atoms with van der Waals surface area (Å²) in [6.07, 6.45) is 2.88. The van der Waals surface area contributed by atoms with Crippen molar-refractivity contribution in [2.45, 2.75) is 38.8 Å². The first-order chi connectivity index (χ1) is 7.65. The minimum atomic E-state index is -0.300. The van der Waals surface area contributed by atoms with Crippen LogP contribution in [0.5, 0.6) is 0 Å². The monoisotopic (exact) mass is 224 g/mol. The van der Waals surface area contributed by atoms with Gasteiger partial charge in [0.2, 0.25) is 0 Å². The Bertz CT molecular complexity index is 382. The van der Waals surface area contributed by atoms with Crippen molar-refractivity contribution in [2.75, 3.05) is 11.4 Å². The number of halogens is 1. The lowest BCUT2D eigenvalue weighted by Gasteiger charge is -2.24. The lowest BCUT2D eigenvalue weighted by Crippen LogP contribution is -2.37. The van der Waals surface area contributed by atoms with Crippen LogP contribution in [0.1, 0.15) is 26.0 Å². The maximum Gasteiger partial charge on any atom is 0.187 e. The Labute approximate surface area is 94.7 Å². The Morgan fingerprint density at radius 1 is 1.56 bits per heavy atom. The van der Waals surface area contributed by atoms with E-state index in [0.717, 1.165) is 13.0 Å². The molecule has 0 aliphatic carbocycles. The molecule has 0 saturated carbocycles. The first-order valence-electron chi connectivity index (χ1n) is 5.66. The van der Waals surface area contributed by atoms with E-state index >= 15 is 0 Å². The highest BCUT2D eigenvalue weighted by Gasteiger charge is 2.31. The zero-order valence-corrected chi connectivity index (χ0v) is 9.65. The van der Waals surface area contributed by atoms with Gasteiger partial charge < -0.3 is 10.6 Å². The van der Waals surface area contributed by atoms with Crippen molar-refractivity contribution in [1.29, 1.82) is 0 Å². The molecule has 0 bridgehead atoms. The molecule has 2 atom stereocenters. The number of nitrogens with two attached hydrogens (primary N) is 1. The van der Waals surface area contributed by atoms with Gasteiger partial charge in [-0.1, -0.05) is 6.92 Å². The van der Waals surface area contributed by atoms with E-state index in [4.69, 9.17) is 5.73 Å². The first-order valence-corrected chi connectivity index (χ1v) is 5.66. The fourth-order valence-electron chi connectivity index (χ4n) is 2.11. The second-order valence-corrected chi connectivity index (χ2v) is 4.20. The highest BCUT2D eigenvalue weighted by molar-refractivity contribution is 5.44. The molecule has 1 fully saturated rings. The zero-order chi connectivity index (χ0) is 11.7. The Hall–Kier alpha value is -1.23. The molecule has 0 radical (unpaired) electrons. The number of hydrogen-bond acceptors (Lipinski definition) is 4. The maximum absolute atomic E-state index is 14.0. The Balaban J connectivity index is 2.34. The van der Waals surface area contributed by atoms with Gasteiger partial charge in [0.1, 0.15) is 6.33 Å². The van der Waals surface area contributed by atoms with Crippen molar-refractivity contribution in [3.63, 3.8) is 0 Å². The molecule has 16 heavy (non-hydrogen) atoms. The van der Waals surface area contributed by atoms with Crippen molar-refractivity contribution < 1.29 is 4.39 Å². The summed E-state index contributed by atoms with van der Waals surface area (Å²) in [5, 5.41) is 0. The van der Waals surface area contributed by atoms with Gasteiger partial charge in [-0.2, -0.15) is 0 Å². The van der Waals surface area contributed by atoms with Gasteiger partial charge in [0.05, 0.1) is 5.69 Å². The van der Waals surface area contributed by atoms with E-state index in [1.165, 1.54) is 6.33 Å². The minimum Gasteiger partial charge on any atom is -0.350 e. The molecule has 2 rings (SSSR count). The van der Waals surface area contributed by atoms with Gasteiger partial charge in [-0.25, -0.2) is 14.4 Å². The van der Waals surface area contributed by atoms with Crippen LogP contribution >= 0.6 is 0 Å². The number of nitrogens with zero attached hydrogens (tertiary/aromatic N) is 3. The van der Waals surface area contributed by atoms with Crippen LogP contribution in [0, 0.1) is 5.82 Å². The molecule has 0 amide bonds. The summed E-state index contributed by atoms with van der Waals surface area (Å²) in [4.78, 5) is 9.90. The first kappa shape index (κ1) is 11.3. The van der Waals surface area contributed by atoms with Crippen molar-refractivity contribution in [1.82, 2.24) is 9.97 Å². The van der Waals surface area contributed by atoms with Crippen molar-refractivity contribution in [3.05, 3.63) is 17.8 Å². The van der Waals surface area contributed by atoms with Gasteiger partial charge in [-0.3, -0.25) is 0 Å². The van der Waals surface area contributed by atoms with E-state index in [0.29, 0.717) is 17.9 Å². The molecule has 0 spiro atoms. The number of rotatable bonds is 2. The third kappa shape index (κ3) is 1.75. The molecule has 2 heterocycles. The fourth-order valence-corrected chi connectivity index (χ4v) is 2.11. The highest BCUT2D eigenvalue weighted by atomic mass is 19.1. The van der Waals surface area contributed by atoms with Crippen LogP contribution in [0.3, 0.4) is 0 Å². The van der Waals surface area contributed by atoms with Crippen LogP contribution in [0.2, 0.25) is 0 Å². The van der Waals surface area contributed by atoms with Crippen LogP contribution in [0.4, 0.5) is 10.2 Å². The predicted molar refractivity (Wildman–Crippen MR) is 60.8 cm³/mol. The van der Waals surface area contributed by atoms with Crippen LogP contribution in [-0.4, -0.2) is 28.6 Å². The molecule has 1 aromatic rings. The van der Waals surface area contributed by atoms with Gasteiger partial charge in [0, 0.05) is 18.6 Å². The second kappa shape index (κ2) is 4.33. The number of aromatic nitrogens is 2. The summed E-state index contributed by atoms with van der Waals surface area (Å²) < 4.78 is 14.0. The standard InChI is InChI=1S/C11H17FN4/c1-3-9-10(12)11(15-6-14-9)16-5-4-8(13)7(16)2/h6-8H,3-5,13H2,1-2H3. The molecule has 1 aromatic heterocycles. The summed E-state index contributed by atoms with van der Waals surface area (Å²) in [7, 11) is 0. The Morgan fingerprint density at radius 3 is 2.88 bits per heavy atom. The number of anilines is 1. The normalized spacial score (nSPS) is 25.1. The van der Waals surface area contributed by atoms with E-state index in [1.54, 1.807) is 0 Å². The van der Waals surface area contributed by atoms with E-state index in [9.17, 15) is 4.39 Å². The van der Waals surface area contributed by atoms with Gasteiger partial charge >= 0.3 is 0 Å². The molecule has 88 valence electrons. The predicted octanol–water partition coefficient (Wildman–Crippen LogP) is 1.10. The van der Waals surface area contributed by atoms with Crippen molar-refractivity contribution in [3.8, 4) is 0 Å². The van der Waals surface area contributed by atoms with Crippen LogP contribution in [-0.2, 0) is 6.42 Å². The van der Waals surface area contributed by atoms with E-state index in [1.807, 2.05) is 18.7 Å². The van der Waals surface area contributed by atoms with Gasteiger partial charge in [0.25, 0.3) is 0 Å². The van der Waals surface area contributed by atoms with E-state index < -0.39 is 0 Å². The van der Waals surface area contributed by atoms with Gasteiger partial charge in [-0.05, 0) is 19.8 Å². The largest absolute Gasteiger partial charge is 0.350 e. The third-order valence-corrected chi connectivity index (χ3v) is 3.26. The second-order valence-electron chi connectivity index (χ2n) is 4.20. The van der Waals surface area contributed by atoms with Crippen molar-refractivity contribution in [2.24, 2.45) is 5.73 Å². The average molecular weight is 224 g/mol. The molecule has 2 N–H and O–H groups in total. The van der Waals surface area contributed by atoms with E-state index in [-0.39, 0.29) is 17.9 Å². The summed E-state index contributed by atoms with van der Waals surface area (Å²) in [6, 6.07) is 0.230. The molecule has 2 unspecified atom stereocenters. The zero-order valence-electron chi connectivity index (χ0n) is 9.65. The molecule has 1 saturated heterocycles. The smallest absolute Gasteiger partial charge is 0.187 e. The summed E-state index contributed by atoms with van der Waals surface area (Å²) in [5.74, 6) is 0.0956. The molecule has 1 aliphatic heterocycles.